The molecule has 5 heteroatoms. The summed E-state index contributed by atoms with van der Waals surface area (Å²) in [4.78, 5) is 18.9. The number of nitriles is 1. The van der Waals surface area contributed by atoms with Gasteiger partial charge in [0.05, 0.1) is 18.0 Å². The van der Waals surface area contributed by atoms with Crippen LogP contribution in [0.1, 0.15) is 41.6 Å². The van der Waals surface area contributed by atoms with Crippen molar-refractivity contribution >= 4 is 5.91 Å². The number of carbonyl (C=O) groups excluding carboxylic acids is 1. The Balaban J connectivity index is 1.72. The molecule has 0 N–H and O–H groups in total. The van der Waals surface area contributed by atoms with Crippen molar-refractivity contribution in [2.24, 2.45) is 0 Å². The highest BCUT2D eigenvalue weighted by Crippen LogP contribution is 2.23. The molecule has 1 saturated heterocycles. The van der Waals surface area contributed by atoms with Crippen LogP contribution >= 0.6 is 0 Å². The summed E-state index contributed by atoms with van der Waals surface area (Å²) in [6, 6.07) is 9.33. The van der Waals surface area contributed by atoms with Crippen LogP contribution in [0, 0.1) is 11.3 Å². The Morgan fingerprint density at radius 3 is 3.09 bits per heavy atom. The molecule has 5 nitrogen and oxygen atoms in total. The summed E-state index contributed by atoms with van der Waals surface area (Å²) >= 11 is 0. The SMILES string of the molecule is N#Cc1cccc(C(=O)N2CCCC[C@H]2CCn2ccnc2)c1. The molecule has 0 bridgehead atoms. The molecular formula is C18H20N4O. The summed E-state index contributed by atoms with van der Waals surface area (Å²) in [5, 5.41) is 9.01. The van der Waals surface area contributed by atoms with Gasteiger partial charge in [-0.1, -0.05) is 6.07 Å². The fraction of sp³-hybridized carbons (Fsp3) is 0.389. The minimum atomic E-state index is 0.0393. The van der Waals surface area contributed by atoms with Crippen LogP contribution in [-0.2, 0) is 6.54 Å². The Hall–Kier alpha value is -2.61. The van der Waals surface area contributed by atoms with E-state index in [0.29, 0.717) is 11.1 Å². The standard InChI is InChI=1S/C18H20N4O/c19-13-15-4-3-5-16(12-15)18(23)22-9-2-1-6-17(22)7-10-21-11-8-20-14-21/h3-5,8,11-12,14,17H,1-2,6-7,9-10H2/t17-/m0/s1. The van der Waals surface area contributed by atoms with Gasteiger partial charge in [-0.05, 0) is 43.9 Å². The predicted octanol–water partition coefficient (Wildman–Crippen LogP) is 2.84. The fourth-order valence-corrected chi connectivity index (χ4v) is 3.17. The Morgan fingerprint density at radius 1 is 1.39 bits per heavy atom. The summed E-state index contributed by atoms with van der Waals surface area (Å²) in [7, 11) is 0. The quantitative estimate of drug-likeness (QED) is 0.872. The zero-order valence-electron chi connectivity index (χ0n) is 13.1. The molecule has 2 aromatic rings. The van der Waals surface area contributed by atoms with Crippen LogP contribution in [0.4, 0.5) is 0 Å². The van der Waals surface area contributed by atoms with Crippen molar-refractivity contribution in [1.82, 2.24) is 14.5 Å². The van der Waals surface area contributed by atoms with Gasteiger partial charge in [-0.15, -0.1) is 0 Å². The molecule has 2 heterocycles. The zero-order valence-corrected chi connectivity index (χ0v) is 13.1. The molecule has 1 fully saturated rings. The number of nitrogens with zero attached hydrogens (tertiary/aromatic N) is 4. The number of piperidine rings is 1. The molecule has 118 valence electrons. The topological polar surface area (TPSA) is 61.9 Å². The van der Waals surface area contributed by atoms with Gasteiger partial charge in [-0.3, -0.25) is 4.79 Å². The highest BCUT2D eigenvalue weighted by atomic mass is 16.2. The van der Waals surface area contributed by atoms with Crippen LogP contribution in [-0.4, -0.2) is 32.9 Å². The molecule has 1 amide bonds. The van der Waals surface area contributed by atoms with E-state index in [0.717, 1.165) is 38.8 Å². The Kier molecular flexibility index (Phi) is 4.72. The number of aryl methyl sites for hydroxylation is 1. The Morgan fingerprint density at radius 2 is 2.30 bits per heavy atom. The molecule has 0 spiro atoms. The number of hydrogen-bond acceptors (Lipinski definition) is 3. The third-order valence-electron chi connectivity index (χ3n) is 4.41. The van der Waals surface area contributed by atoms with Crippen molar-refractivity contribution in [3.8, 4) is 6.07 Å². The lowest BCUT2D eigenvalue weighted by Gasteiger charge is -2.36. The number of benzene rings is 1. The van der Waals surface area contributed by atoms with E-state index in [9.17, 15) is 4.79 Å². The summed E-state index contributed by atoms with van der Waals surface area (Å²) < 4.78 is 2.05. The number of amides is 1. The highest BCUT2D eigenvalue weighted by molar-refractivity contribution is 5.94. The van der Waals surface area contributed by atoms with Gasteiger partial charge in [0.2, 0.25) is 0 Å². The van der Waals surface area contributed by atoms with Gasteiger partial charge in [0, 0.05) is 37.1 Å². The van der Waals surface area contributed by atoms with E-state index in [1.807, 2.05) is 22.0 Å². The minimum Gasteiger partial charge on any atom is -0.337 e. The molecule has 3 rings (SSSR count). The zero-order chi connectivity index (χ0) is 16.1. The van der Waals surface area contributed by atoms with Crippen molar-refractivity contribution in [3.05, 3.63) is 54.1 Å². The van der Waals surface area contributed by atoms with Crippen LogP contribution in [0.3, 0.4) is 0 Å². The molecule has 0 unspecified atom stereocenters. The van der Waals surface area contributed by atoms with Crippen molar-refractivity contribution in [2.75, 3.05) is 6.54 Å². The number of aromatic nitrogens is 2. The van der Waals surface area contributed by atoms with Gasteiger partial charge in [0.25, 0.3) is 5.91 Å². The van der Waals surface area contributed by atoms with Crippen molar-refractivity contribution in [1.29, 1.82) is 5.26 Å². The van der Waals surface area contributed by atoms with E-state index < -0.39 is 0 Å². The van der Waals surface area contributed by atoms with Crippen LogP contribution in [0.2, 0.25) is 0 Å². The van der Waals surface area contributed by atoms with Crippen LogP contribution in [0.25, 0.3) is 0 Å². The number of carbonyl (C=O) groups is 1. The fourth-order valence-electron chi connectivity index (χ4n) is 3.17. The molecular weight excluding hydrogens is 288 g/mol. The van der Waals surface area contributed by atoms with Crippen molar-refractivity contribution in [2.45, 2.75) is 38.3 Å². The smallest absolute Gasteiger partial charge is 0.254 e. The monoisotopic (exact) mass is 308 g/mol. The van der Waals surface area contributed by atoms with E-state index >= 15 is 0 Å². The molecule has 1 aromatic carbocycles. The van der Waals surface area contributed by atoms with Crippen LogP contribution in [0.15, 0.2) is 43.0 Å². The maximum atomic E-state index is 12.8. The van der Waals surface area contributed by atoms with E-state index in [4.69, 9.17) is 5.26 Å². The Labute approximate surface area is 136 Å². The number of imidazole rings is 1. The summed E-state index contributed by atoms with van der Waals surface area (Å²) in [5.41, 5.74) is 1.14. The molecule has 1 aromatic heterocycles. The van der Waals surface area contributed by atoms with Gasteiger partial charge in [-0.2, -0.15) is 5.26 Å². The lowest BCUT2D eigenvalue weighted by molar-refractivity contribution is 0.0595. The molecule has 0 aliphatic carbocycles. The molecule has 1 aliphatic heterocycles. The average molecular weight is 308 g/mol. The largest absolute Gasteiger partial charge is 0.337 e. The van der Waals surface area contributed by atoms with Crippen molar-refractivity contribution in [3.63, 3.8) is 0 Å². The molecule has 0 radical (unpaired) electrons. The normalized spacial score (nSPS) is 17.7. The number of likely N-dealkylation sites (tertiary alicyclic amines) is 1. The second-order valence-corrected chi connectivity index (χ2v) is 5.93. The third-order valence-corrected chi connectivity index (χ3v) is 4.41. The third kappa shape index (κ3) is 3.59. The number of rotatable bonds is 4. The van der Waals surface area contributed by atoms with E-state index in [2.05, 4.69) is 11.1 Å². The summed E-state index contributed by atoms with van der Waals surface area (Å²) in [5.74, 6) is 0.0393. The Bertz CT molecular complexity index is 702. The second-order valence-electron chi connectivity index (χ2n) is 5.93. The lowest BCUT2D eigenvalue weighted by Crippen LogP contribution is -2.44. The molecule has 23 heavy (non-hydrogen) atoms. The van der Waals surface area contributed by atoms with Crippen LogP contribution in [0.5, 0.6) is 0 Å². The van der Waals surface area contributed by atoms with Gasteiger partial charge in [0.1, 0.15) is 0 Å². The summed E-state index contributed by atoms with van der Waals surface area (Å²) in [6.07, 6.45) is 9.72. The second kappa shape index (κ2) is 7.10. The molecule has 1 atom stereocenters. The van der Waals surface area contributed by atoms with Gasteiger partial charge >= 0.3 is 0 Å². The molecule has 0 saturated carbocycles. The average Bonchev–Trinajstić information content (AvgIpc) is 3.13. The maximum Gasteiger partial charge on any atom is 0.254 e. The van der Waals surface area contributed by atoms with Gasteiger partial charge < -0.3 is 9.47 Å². The van der Waals surface area contributed by atoms with E-state index in [-0.39, 0.29) is 11.9 Å². The first-order chi connectivity index (χ1) is 11.3. The van der Waals surface area contributed by atoms with E-state index in [1.165, 1.54) is 0 Å². The number of hydrogen-bond donors (Lipinski definition) is 0. The molecule has 1 aliphatic rings. The van der Waals surface area contributed by atoms with Gasteiger partial charge in [-0.25, -0.2) is 4.98 Å². The first-order valence-electron chi connectivity index (χ1n) is 8.05. The van der Waals surface area contributed by atoms with Gasteiger partial charge in [0.15, 0.2) is 0 Å². The maximum absolute atomic E-state index is 12.8. The van der Waals surface area contributed by atoms with Crippen molar-refractivity contribution < 1.29 is 4.79 Å². The van der Waals surface area contributed by atoms with E-state index in [1.54, 1.807) is 30.5 Å². The predicted molar refractivity (Wildman–Crippen MR) is 86.7 cm³/mol. The first-order valence-corrected chi connectivity index (χ1v) is 8.05. The first kappa shape index (κ1) is 15.3. The minimum absolute atomic E-state index is 0.0393. The lowest BCUT2D eigenvalue weighted by atomic mass is 9.97. The summed E-state index contributed by atoms with van der Waals surface area (Å²) in [6.45, 7) is 1.66. The van der Waals surface area contributed by atoms with Crippen LogP contribution < -0.4 is 0 Å². The highest BCUT2D eigenvalue weighted by Gasteiger charge is 2.27.